The Hall–Kier alpha value is -1.00. The molecule has 0 bridgehead atoms. The molecule has 18 heavy (non-hydrogen) atoms. The zero-order valence-corrected chi connectivity index (χ0v) is 11.5. The van der Waals surface area contributed by atoms with Gasteiger partial charge >= 0.3 is 0 Å². The lowest BCUT2D eigenvalue weighted by atomic mass is 9.98. The number of anilines is 1. The van der Waals surface area contributed by atoms with Crippen molar-refractivity contribution in [1.29, 1.82) is 0 Å². The molecule has 0 radical (unpaired) electrons. The summed E-state index contributed by atoms with van der Waals surface area (Å²) in [5, 5.41) is 11.7. The maximum atomic E-state index is 11.1. The van der Waals surface area contributed by atoms with Crippen LogP contribution in [0.1, 0.15) is 19.8 Å². The summed E-state index contributed by atoms with van der Waals surface area (Å²) in [6.45, 7) is 3.78. The summed E-state index contributed by atoms with van der Waals surface area (Å²) >= 11 is 11.9. The van der Waals surface area contributed by atoms with Gasteiger partial charge in [-0.25, -0.2) is 0 Å². The van der Waals surface area contributed by atoms with E-state index < -0.39 is 4.92 Å². The van der Waals surface area contributed by atoms with E-state index in [1.807, 2.05) is 4.90 Å². The third-order valence-corrected chi connectivity index (χ3v) is 3.81. The van der Waals surface area contributed by atoms with Crippen LogP contribution < -0.4 is 4.90 Å². The zero-order chi connectivity index (χ0) is 13.3. The second kappa shape index (κ2) is 5.33. The summed E-state index contributed by atoms with van der Waals surface area (Å²) in [6, 6.07) is 2.92. The van der Waals surface area contributed by atoms with Crippen molar-refractivity contribution in [2.24, 2.45) is 5.92 Å². The first-order valence-electron chi connectivity index (χ1n) is 5.87. The quantitative estimate of drug-likeness (QED) is 0.607. The van der Waals surface area contributed by atoms with Gasteiger partial charge in [0.15, 0.2) is 0 Å². The molecule has 1 heterocycles. The van der Waals surface area contributed by atoms with E-state index in [4.69, 9.17) is 23.2 Å². The van der Waals surface area contributed by atoms with Crippen LogP contribution in [0.2, 0.25) is 10.0 Å². The smallest absolute Gasteiger partial charge is 0.295 e. The minimum absolute atomic E-state index is 0.0120. The second-order valence-electron chi connectivity index (χ2n) is 4.68. The van der Waals surface area contributed by atoms with Gasteiger partial charge in [-0.2, -0.15) is 0 Å². The van der Waals surface area contributed by atoms with Crippen LogP contribution in [0, 0.1) is 16.0 Å². The van der Waals surface area contributed by atoms with E-state index in [1.54, 1.807) is 6.07 Å². The number of rotatable bonds is 2. The van der Waals surface area contributed by atoms with Crippen molar-refractivity contribution in [3.63, 3.8) is 0 Å². The van der Waals surface area contributed by atoms with Gasteiger partial charge in [0.1, 0.15) is 5.69 Å². The highest BCUT2D eigenvalue weighted by molar-refractivity contribution is 6.37. The van der Waals surface area contributed by atoms with Gasteiger partial charge in [0, 0.05) is 24.2 Å². The van der Waals surface area contributed by atoms with E-state index in [0.717, 1.165) is 25.9 Å². The molecule has 2 rings (SSSR count). The summed E-state index contributed by atoms with van der Waals surface area (Å²) in [4.78, 5) is 12.7. The molecule has 1 aromatic rings. The van der Waals surface area contributed by atoms with E-state index in [0.29, 0.717) is 21.7 Å². The normalized spacial score (nSPS) is 16.9. The highest BCUT2D eigenvalue weighted by atomic mass is 35.5. The zero-order valence-electron chi connectivity index (χ0n) is 10.0. The van der Waals surface area contributed by atoms with Gasteiger partial charge in [-0.05, 0) is 24.8 Å². The highest BCUT2D eigenvalue weighted by Crippen LogP contribution is 2.39. The van der Waals surface area contributed by atoms with Gasteiger partial charge in [-0.1, -0.05) is 30.1 Å². The fourth-order valence-corrected chi connectivity index (χ4v) is 2.84. The Kier molecular flexibility index (Phi) is 3.97. The highest BCUT2D eigenvalue weighted by Gasteiger charge is 2.26. The van der Waals surface area contributed by atoms with Crippen molar-refractivity contribution in [2.75, 3.05) is 18.0 Å². The van der Waals surface area contributed by atoms with Crippen molar-refractivity contribution in [1.82, 2.24) is 0 Å². The monoisotopic (exact) mass is 288 g/mol. The van der Waals surface area contributed by atoms with Crippen LogP contribution in [0.3, 0.4) is 0 Å². The van der Waals surface area contributed by atoms with Gasteiger partial charge in [-0.15, -0.1) is 0 Å². The maximum Gasteiger partial charge on any atom is 0.295 e. The van der Waals surface area contributed by atoms with E-state index in [-0.39, 0.29) is 5.69 Å². The Bertz CT molecular complexity index is 471. The summed E-state index contributed by atoms with van der Waals surface area (Å²) in [6.07, 6.45) is 2.05. The van der Waals surface area contributed by atoms with Gasteiger partial charge in [0.2, 0.25) is 0 Å². The molecule has 0 unspecified atom stereocenters. The first kappa shape index (κ1) is 13.4. The van der Waals surface area contributed by atoms with Crippen molar-refractivity contribution in [3.8, 4) is 0 Å². The fraction of sp³-hybridized carbons (Fsp3) is 0.500. The molecule has 0 aliphatic carbocycles. The third kappa shape index (κ3) is 2.70. The average molecular weight is 289 g/mol. The first-order chi connectivity index (χ1) is 8.49. The van der Waals surface area contributed by atoms with Crippen LogP contribution in [-0.2, 0) is 0 Å². The Morgan fingerprint density at radius 3 is 2.50 bits per heavy atom. The van der Waals surface area contributed by atoms with E-state index >= 15 is 0 Å². The molecule has 4 nitrogen and oxygen atoms in total. The standard InChI is InChI=1S/C12H14Cl2N2O2/c1-8-2-4-15(5-3-8)12-10(14)6-9(13)7-11(12)16(17)18/h6-8H,2-5H2,1H3. The molecule has 1 saturated heterocycles. The van der Waals surface area contributed by atoms with Crippen LogP contribution in [0.25, 0.3) is 0 Å². The number of halogens is 2. The van der Waals surface area contributed by atoms with Crippen molar-refractivity contribution in [2.45, 2.75) is 19.8 Å². The minimum Gasteiger partial charge on any atom is -0.365 e. The van der Waals surface area contributed by atoms with E-state index in [9.17, 15) is 10.1 Å². The Labute approximate surface area is 116 Å². The lowest BCUT2D eigenvalue weighted by Crippen LogP contribution is -2.33. The summed E-state index contributed by atoms with van der Waals surface area (Å²) in [5.41, 5.74) is 0.486. The largest absolute Gasteiger partial charge is 0.365 e. The Morgan fingerprint density at radius 1 is 1.33 bits per heavy atom. The molecule has 98 valence electrons. The maximum absolute atomic E-state index is 11.1. The molecule has 1 aliphatic heterocycles. The lowest BCUT2D eigenvalue weighted by Gasteiger charge is -2.32. The second-order valence-corrected chi connectivity index (χ2v) is 5.53. The summed E-state index contributed by atoms with van der Waals surface area (Å²) in [5.74, 6) is 0.659. The average Bonchev–Trinajstić information content (AvgIpc) is 2.29. The molecule has 1 fully saturated rings. The van der Waals surface area contributed by atoms with Crippen molar-refractivity contribution in [3.05, 3.63) is 32.3 Å². The van der Waals surface area contributed by atoms with Crippen LogP contribution in [0.15, 0.2) is 12.1 Å². The molecule has 0 N–H and O–H groups in total. The van der Waals surface area contributed by atoms with Crippen LogP contribution in [-0.4, -0.2) is 18.0 Å². The molecule has 6 heteroatoms. The first-order valence-corrected chi connectivity index (χ1v) is 6.63. The molecular formula is C12H14Cl2N2O2. The number of piperidine rings is 1. The molecule has 0 aromatic heterocycles. The number of nitro benzene ring substituents is 1. The van der Waals surface area contributed by atoms with Crippen molar-refractivity contribution >= 4 is 34.6 Å². The van der Waals surface area contributed by atoms with Crippen LogP contribution in [0.4, 0.5) is 11.4 Å². The predicted octanol–water partition coefficient (Wildman–Crippen LogP) is 4.14. The topological polar surface area (TPSA) is 46.4 Å². The van der Waals surface area contributed by atoms with Gasteiger partial charge in [-0.3, -0.25) is 10.1 Å². The van der Waals surface area contributed by atoms with E-state index in [2.05, 4.69) is 6.92 Å². The molecular weight excluding hydrogens is 275 g/mol. The third-order valence-electron chi connectivity index (χ3n) is 3.30. The van der Waals surface area contributed by atoms with Crippen LogP contribution >= 0.6 is 23.2 Å². The lowest BCUT2D eigenvalue weighted by molar-refractivity contribution is -0.384. The van der Waals surface area contributed by atoms with Gasteiger partial charge in [0.25, 0.3) is 5.69 Å². The molecule has 1 aliphatic rings. The Balaban J connectivity index is 2.39. The minimum atomic E-state index is -0.425. The van der Waals surface area contributed by atoms with E-state index in [1.165, 1.54) is 6.07 Å². The molecule has 0 atom stereocenters. The number of nitrogens with zero attached hydrogens (tertiary/aromatic N) is 2. The molecule has 0 amide bonds. The SMILES string of the molecule is CC1CCN(c2c(Cl)cc(Cl)cc2[N+](=O)[O-])CC1. The molecule has 0 spiro atoms. The number of hydrogen-bond donors (Lipinski definition) is 0. The van der Waals surface area contributed by atoms with Gasteiger partial charge in [0.05, 0.1) is 9.95 Å². The van der Waals surface area contributed by atoms with Crippen molar-refractivity contribution < 1.29 is 4.92 Å². The molecule has 1 aromatic carbocycles. The number of hydrogen-bond acceptors (Lipinski definition) is 3. The summed E-state index contributed by atoms with van der Waals surface area (Å²) < 4.78 is 0. The summed E-state index contributed by atoms with van der Waals surface area (Å²) in [7, 11) is 0. The van der Waals surface area contributed by atoms with Crippen LogP contribution in [0.5, 0.6) is 0 Å². The molecule has 0 saturated carbocycles. The number of nitro groups is 1. The van der Waals surface area contributed by atoms with Gasteiger partial charge < -0.3 is 4.90 Å². The fourth-order valence-electron chi connectivity index (χ4n) is 2.24. The Morgan fingerprint density at radius 2 is 1.94 bits per heavy atom. The number of benzene rings is 1. The predicted molar refractivity (Wildman–Crippen MR) is 73.7 cm³/mol.